The summed E-state index contributed by atoms with van der Waals surface area (Å²) in [5, 5.41) is 14.2. The van der Waals surface area contributed by atoms with E-state index in [4.69, 9.17) is 0 Å². The molecule has 4 aromatic rings. The van der Waals surface area contributed by atoms with Gasteiger partial charge in [0.15, 0.2) is 5.78 Å². The van der Waals surface area contributed by atoms with Crippen LogP contribution in [0.2, 0.25) is 0 Å². The quantitative estimate of drug-likeness (QED) is 0.318. The maximum atomic E-state index is 14.1. The van der Waals surface area contributed by atoms with E-state index in [1.165, 1.54) is 27.5 Å². The molecular weight excluding hydrogens is 568 g/mol. The molecule has 0 bridgehead atoms. The first-order chi connectivity index (χ1) is 20.7. The lowest BCUT2D eigenvalue weighted by Crippen LogP contribution is -2.53. The van der Waals surface area contributed by atoms with E-state index in [-0.39, 0.29) is 36.8 Å². The second-order valence-corrected chi connectivity index (χ2v) is 12.8. The number of pyridine rings is 1. The molecule has 2 fully saturated rings. The van der Waals surface area contributed by atoms with Crippen molar-refractivity contribution in [2.24, 2.45) is 0 Å². The molecular formula is C32H30N4O6S. The number of nitrogens with one attached hydrogen (secondary N) is 1. The fourth-order valence-electron chi connectivity index (χ4n) is 6.09. The van der Waals surface area contributed by atoms with E-state index in [1.54, 1.807) is 42.6 Å². The molecule has 0 spiro atoms. The molecule has 2 aliphatic rings. The zero-order valence-electron chi connectivity index (χ0n) is 23.2. The third-order valence-electron chi connectivity index (χ3n) is 8.10. The average Bonchev–Trinajstić information content (AvgIpc) is 3.59. The van der Waals surface area contributed by atoms with E-state index in [2.05, 4.69) is 10.3 Å². The molecule has 6 rings (SSSR count). The minimum atomic E-state index is -3.86. The van der Waals surface area contributed by atoms with Crippen molar-refractivity contribution < 1.29 is 27.9 Å². The predicted octanol–water partition coefficient (Wildman–Crippen LogP) is 2.67. The Kier molecular flexibility index (Phi) is 7.68. The summed E-state index contributed by atoms with van der Waals surface area (Å²) in [5.74, 6) is -1.49. The van der Waals surface area contributed by atoms with Gasteiger partial charge in [-0.2, -0.15) is 4.31 Å². The minimum absolute atomic E-state index is 0.0675. The summed E-state index contributed by atoms with van der Waals surface area (Å²) in [5.41, 5.74) is 1.61. The lowest BCUT2D eigenvalue weighted by Gasteiger charge is -2.28. The van der Waals surface area contributed by atoms with Gasteiger partial charge in [0.25, 0.3) is 5.91 Å². The van der Waals surface area contributed by atoms with E-state index < -0.39 is 40.0 Å². The Balaban J connectivity index is 1.26. The maximum absolute atomic E-state index is 14.1. The summed E-state index contributed by atoms with van der Waals surface area (Å²) in [4.78, 5) is 46.4. The highest BCUT2D eigenvalue weighted by Gasteiger charge is 2.54. The van der Waals surface area contributed by atoms with Crippen LogP contribution in [0.4, 0.5) is 0 Å². The molecule has 0 saturated carbocycles. The fraction of sp³-hybridized carbons (Fsp3) is 0.250. The SMILES string of the molecule is O=C(NC(Cc1ccc(O)cc1)C(=O)N1CCC2C1C(=O)CN2S(=O)(=O)Cc1cccnc1)c1cccc2ccccc12. The lowest BCUT2D eigenvalue weighted by atomic mass is 10.0. The van der Waals surface area contributed by atoms with Gasteiger partial charge in [-0.15, -0.1) is 0 Å². The van der Waals surface area contributed by atoms with Gasteiger partial charge < -0.3 is 15.3 Å². The van der Waals surface area contributed by atoms with Crippen molar-refractivity contribution in [3.05, 3.63) is 108 Å². The van der Waals surface area contributed by atoms with Crippen LogP contribution in [0, 0.1) is 0 Å². The van der Waals surface area contributed by atoms with Crippen molar-refractivity contribution in [1.82, 2.24) is 19.5 Å². The molecule has 3 unspecified atom stereocenters. The molecule has 3 aromatic carbocycles. The molecule has 2 aliphatic heterocycles. The molecule has 2 saturated heterocycles. The Morgan fingerprint density at radius 2 is 1.74 bits per heavy atom. The van der Waals surface area contributed by atoms with Gasteiger partial charge in [0.1, 0.15) is 17.8 Å². The zero-order chi connectivity index (χ0) is 30.1. The monoisotopic (exact) mass is 598 g/mol. The van der Waals surface area contributed by atoms with Crippen LogP contribution in [0.25, 0.3) is 10.8 Å². The van der Waals surface area contributed by atoms with Gasteiger partial charge >= 0.3 is 0 Å². The maximum Gasteiger partial charge on any atom is 0.252 e. The highest BCUT2D eigenvalue weighted by Crippen LogP contribution is 2.33. The first-order valence-corrected chi connectivity index (χ1v) is 15.6. The van der Waals surface area contributed by atoms with E-state index >= 15 is 0 Å². The summed E-state index contributed by atoms with van der Waals surface area (Å²) in [6.45, 7) is -0.137. The summed E-state index contributed by atoms with van der Waals surface area (Å²) < 4.78 is 27.9. The number of hydrogen-bond acceptors (Lipinski definition) is 7. The molecule has 2 amide bonds. The smallest absolute Gasteiger partial charge is 0.252 e. The molecule has 11 heteroatoms. The molecule has 3 atom stereocenters. The molecule has 43 heavy (non-hydrogen) atoms. The standard InChI is InChI=1S/C32H30N4O6S/c37-24-12-10-21(11-13-24)17-27(34-31(39)26-9-3-7-23-6-1-2-8-25(23)26)32(40)35-16-14-28-30(35)29(38)19-36(28)43(41,42)20-22-5-4-15-33-18-22/h1-13,15,18,27-28,30,37H,14,16-17,19-20H2,(H,34,39). The first kappa shape index (κ1) is 28.5. The number of phenols is 1. The third-order valence-corrected chi connectivity index (χ3v) is 9.92. The van der Waals surface area contributed by atoms with Crippen LogP contribution in [-0.4, -0.2) is 76.5 Å². The average molecular weight is 599 g/mol. The molecule has 2 N–H and O–H groups in total. The van der Waals surface area contributed by atoms with Crippen LogP contribution in [0.3, 0.4) is 0 Å². The highest BCUT2D eigenvalue weighted by atomic mass is 32.2. The Hall–Kier alpha value is -4.61. The van der Waals surface area contributed by atoms with E-state index in [0.29, 0.717) is 23.1 Å². The van der Waals surface area contributed by atoms with Crippen LogP contribution in [0.1, 0.15) is 27.9 Å². The number of Topliss-reactive ketones (excluding diaryl/α,β-unsaturated/α-hetero) is 1. The fourth-order valence-corrected chi connectivity index (χ4v) is 7.80. The summed E-state index contributed by atoms with van der Waals surface area (Å²) in [7, 11) is -3.86. The molecule has 3 heterocycles. The van der Waals surface area contributed by atoms with Crippen molar-refractivity contribution in [3.63, 3.8) is 0 Å². The van der Waals surface area contributed by atoms with Crippen LogP contribution >= 0.6 is 0 Å². The van der Waals surface area contributed by atoms with Gasteiger partial charge in [-0.1, -0.05) is 54.6 Å². The molecule has 220 valence electrons. The number of carbonyl (C=O) groups excluding carboxylic acids is 3. The van der Waals surface area contributed by atoms with E-state index in [9.17, 15) is 27.9 Å². The number of carbonyl (C=O) groups is 3. The van der Waals surface area contributed by atoms with Gasteiger partial charge in [0, 0.05) is 30.9 Å². The lowest BCUT2D eigenvalue weighted by molar-refractivity contribution is -0.138. The topological polar surface area (TPSA) is 137 Å². The molecule has 0 aliphatic carbocycles. The second kappa shape index (κ2) is 11.6. The van der Waals surface area contributed by atoms with Crippen LogP contribution in [0.5, 0.6) is 5.75 Å². The van der Waals surface area contributed by atoms with Gasteiger partial charge in [-0.3, -0.25) is 19.4 Å². The van der Waals surface area contributed by atoms with Crippen molar-refractivity contribution in [2.45, 2.75) is 36.7 Å². The number of nitrogens with zero attached hydrogens (tertiary/aromatic N) is 3. The number of hydrogen-bond donors (Lipinski definition) is 2. The van der Waals surface area contributed by atoms with Crippen LogP contribution < -0.4 is 5.32 Å². The second-order valence-electron chi connectivity index (χ2n) is 10.9. The normalized spacial score (nSPS) is 19.3. The summed E-state index contributed by atoms with van der Waals surface area (Å²) >= 11 is 0. The van der Waals surface area contributed by atoms with Gasteiger partial charge in [0.05, 0.1) is 18.3 Å². The molecule has 1 aromatic heterocycles. The number of aromatic hydroxyl groups is 1. The number of ketones is 1. The Morgan fingerprint density at radius 3 is 2.51 bits per heavy atom. The van der Waals surface area contributed by atoms with E-state index in [1.807, 2.05) is 30.3 Å². The largest absolute Gasteiger partial charge is 0.508 e. The number of rotatable bonds is 8. The number of likely N-dealkylation sites (tertiary alicyclic amines) is 1. The number of aromatic nitrogens is 1. The van der Waals surface area contributed by atoms with Crippen LogP contribution in [0.15, 0.2) is 91.3 Å². The van der Waals surface area contributed by atoms with Crippen molar-refractivity contribution in [2.75, 3.05) is 13.1 Å². The van der Waals surface area contributed by atoms with Gasteiger partial charge in [-0.05, 0) is 52.6 Å². The van der Waals surface area contributed by atoms with Gasteiger partial charge in [0.2, 0.25) is 15.9 Å². The number of sulfonamides is 1. The summed E-state index contributed by atoms with van der Waals surface area (Å²) in [6.07, 6.45) is 3.45. The Bertz CT molecular complexity index is 1790. The third kappa shape index (κ3) is 5.73. The van der Waals surface area contributed by atoms with Crippen molar-refractivity contribution >= 4 is 38.4 Å². The zero-order valence-corrected chi connectivity index (χ0v) is 24.0. The molecule has 0 radical (unpaired) electrons. The first-order valence-electron chi connectivity index (χ1n) is 14.0. The number of benzene rings is 3. The Morgan fingerprint density at radius 1 is 0.977 bits per heavy atom. The Labute approximate surface area is 249 Å². The van der Waals surface area contributed by atoms with Crippen molar-refractivity contribution in [3.8, 4) is 5.75 Å². The number of phenolic OH excluding ortho intramolecular Hbond substituents is 1. The van der Waals surface area contributed by atoms with Crippen LogP contribution in [-0.2, 0) is 31.8 Å². The highest BCUT2D eigenvalue weighted by molar-refractivity contribution is 7.88. The molecule has 10 nitrogen and oxygen atoms in total. The van der Waals surface area contributed by atoms with E-state index in [0.717, 1.165) is 10.8 Å². The minimum Gasteiger partial charge on any atom is -0.508 e. The number of fused-ring (bicyclic) bond motifs is 2. The summed E-state index contributed by atoms with van der Waals surface area (Å²) in [6, 6.07) is 19.8. The predicted molar refractivity (Wildman–Crippen MR) is 159 cm³/mol. The van der Waals surface area contributed by atoms with Crippen molar-refractivity contribution in [1.29, 1.82) is 0 Å². The number of amides is 2. The van der Waals surface area contributed by atoms with Gasteiger partial charge in [-0.25, -0.2) is 8.42 Å².